The van der Waals surface area contributed by atoms with Gasteiger partial charge in [-0.1, -0.05) is 31.2 Å². The van der Waals surface area contributed by atoms with Crippen LogP contribution in [0.25, 0.3) is 0 Å². The summed E-state index contributed by atoms with van der Waals surface area (Å²) in [6.07, 6.45) is 4.55. The zero-order chi connectivity index (χ0) is 18.3. The molecule has 3 unspecified atom stereocenters. The van der Waals surface area contributed by atoms with Crippen molar-refractivity contribution in [1.82, 2.24) is 0 Å². The molecule has 1 aliphatic carbocycles. The topological polar surface area (TPSA) is 63.7 Å². The summed E-state index contributed by atoms with van der Waals surface area (Å²) in [6, 6.07) is 10.0. The van der Waals surface area contributed by atoms with Crippen molar-refractivity contribution < 1.29 is 19.1 Å². The number of nitrogens with zero attached hydrogens (tertiary/aromatic N) is 1. The first-order valence-electron chi connectivity index (χ1n) is 8.46. The van der Waals surface area contributed by atoms with E-state index >= 15 is 0 Å². The van der Waals surface area contributed by atoms with Gasteiger partial charge in [0, 0.05) is 6.07 Å². The van der Waals surface area contributed by atoms with Gasteiger partial charge in [0.1, 0.15) is 10.6 Å². The zero-order valence-corrected chi connectivity index (χ0v) is 14.9. The highest BCUT2D eigenvalue weighted by Gasteiger charge is 2.50. The largest absolute Gasteiger partial charge is 0.422 e. The lowest BCUT2D eigenvalue weighted by Gasteiger charge is -2.22. The van der Waals surface area contributed by atoms with Crippen LogP contribution in [0, 0.1) is 17.8 Å². The van der Waals surface area contributed by atoms with Crippen molar-refractivity contribution in [2.45, 2.75) is 13.3 Å². The third-order valence-corrected chi connectivity index (χ3v) is 5.73. The van der Waals surface area contributed by atoms with E-state index < -0.39 is 5.97 Å². The van der Waals surface area contributed by atoms with Crippen LogP contribution in [0.3, 0.4) is 0 Å². The molecule has 1 aliphatic heterocycles. The van der Waals surface area contributed by atoms with E-state index in [1.54, 1.807) is 41.8 Å². The molecule has 2 heterocycles. The molecule has 0 radical (unpaired) electrons. The van der Waals surface area contributed by atoms with E-state index in [1.807, 2.05) is 19.1 Å². The Kier molecular flexibility index (Phi) is 4.20. The number of amides is 2. The zero-order valence-electron chi connectivity index (χ0n) is 14.1. The molecule has 0 bridgehead atoms. The Balaban J connectivity index is 1.60. The second-order valence-corrected chi connectivity index (χ2v) is 7.48. The van der Waals surface area contributed by atoms with Crippen molar-refractivity contribution in [1.29, 1.82) is 0 Å². The van der Waals surface area contributed by atoms with Gasteiger partial charge < -0.3 is 4.74 Å². The van der Waals surface area contributed by atoms with Crippen molar-refractivity contribution in [2.24, 2.45) is 17.8 Å². The van der Waals surface area contributed by atoms with E-state index in [2.05, 4.69) is 0 Å². The van der Waals surface area contributed by atoms with Gasteiger partial charge in [-0.2, -0.15) is 0 Å². The second-order valence-electron chi connectivity index (χ2n) is 6.53. The minimum atomic E-state index is -0.456. The van der Waals surface area contributed by atoms with E-state index in [4.69, 9.17) is 4.74 Å². The Hall–Kier alpha value is -2.73. The van der Waals surface area contributed by atoms with E-state index in [9.17, 15) is 14.4 Å². The Morgan fingerprint density at radius 3 is 2.77 bits per heavy atom. The summed E-state index contributed by atoms with van der Waals surface area (Å²) in [7, 11) is 0. The molecule has 1 aromatic carbocycles. The van der Waals surface area contributed by atoms with Crippen LogP contribution >= 0.6 is 11.3 Å². The fourth-order valence-electron chi connectivity index (χ4n) is 3.64. The van der Waals surface area contributed by atoms with Crippen LogP contribution < -0.4 is 9.64 Å². The summed E-state index contributed by atoms with van der Waals surface area (Å²) in [5.74, 6) is -1.10. The fraction of sp³-hybridized carbons (Fsp3) is 0.250. The number of allylic oxidation sites excluding steroid dienone is 2. The number of carbonyl (C=O) groups is 3. The molecule has 132 valence electrons. The number of fused-ring (bicyclic) bond motifs is 1. The van der Waals surface area contributed by atoms with Crippen molar-refractivity contribution >= 4 is 34.8 Å². The van der Waals surface area contributed by atoms with E-state index in [-0.39, 0.29) is 29.6 Å². The lowest BCUT2D eigenvalue weighted by molar-refractivity contribution is -0.122. The number of imide groups is 1. The van der Waals surface area contributed by atoms with Crippen LogP contribution in [0.15, 0.2) is 53.9 Å². The molecule has 0 spiro atoms. The number of carbonyl (C=O) groups excluding carboxylic acids is 3. The molecule has 4 rings (SSSR count). The lowest BCUT2D eigenvalue weighted by atomic mass is 9.78. The van der Waals surface area contributed by atoms with Gasteiger partial charge in [0.25, 0.3) is 0 Å². The van der Waals surface area contributed by atoms with Gasteiger partial charge in [-0.3, -0.25) is 9.59 Å². The normalized spacial score (nSPS) is 24.7. The highest BCUT2D eigenvalue weighted by atomic mass is 32.1. The molecule has 2 amide bonds. The second kappa shape index (κ2) is 6.53. The van der Waals surface area contributed by atoms with Crippen LogP contribution in [-0.4, -0.2) is 17.8 Å². The monoisotopic (exact) mass is 367 g/mol. The molecule has 5 nitrogen and oxygen atoms in total. The van der Waals surface area contributed by atoms with Crippen LogP contribution in [0.5, 0.6) is 5.75 Å². The lowest BCUT2D eigenvalue weighted by Crippen LogP contribution is -2.31. The third-order valence-electron chi connectivity index (χ3n) is 4.88. The summed E-state index contributed by atoms with van der Waals surface area (Å²) in [5.41, 5.74) is 0.443. The van der Waals surface area contributed by atoms with Gasteiger partial charge in [0.05, 0.1) is 17.5 Å². The van der Waals surface area contributed by atoms with Gasteiger partial charge >= 0.3 is 5.97 Å². The fourth-order valence-corrected chi connectivity index (χ4v) is 4.24. The van der Waals surface area contributed by atoms with Crippen LogP contribution in [-0.2, 0) is 9.59 Å². The molecule has 6 heteroatoms. The number of rotatable bonds is 3. The Morgan fingerprint density at radius 2 is 2.04 bits per heavy atom. The van der Waals surface area contributed by atoms with Crippen molar-refractivity contribution in [2.75, 3.05) is 4.90 Å². The Morgan fingerprint density at radius 1 is 1.19 bits per heavy atom. The standard InChI is InChI=1S/C20H17NO4S/c1-12-5-2-8-15-17(12)19(23)21(18(15)22)13-6-3-7-14(11-13)25-20(24)16-9-4-10-26-16/h2-7,9-12,15,17H,8H2,1H3. The number of hydrogen-bond donors (Lipinski definition) is 0. The molecular weight excluding hydrogens is 350 g/mol. The first-order valence-corrected chi connectivity index (χ1v) is 9.34. The highest BCUT2D eigenvalue weighted by Crippen LogP contribution is 2.40. The Labute approximate surface area is 154 Å². The van der Waals surface area contributed by atoms with Gasteiger partial charge in [0.2, 0.25) is 11.8 Å². The van der Waals surface area contributed by atoms with E-state index in [1.165, 1.54) is 16.2 Å². The van der Waals surface area contributed by atoms with Gasteiger partial charge in [-0.25, -0.2) is 9.69 Å². The maximum Gasteiger partial charge on any atom is 0.353 e. The first-order chi connectivity index (χ1) is 12.6. The minimum absolute atomic E-state index is 0.0371. The number of thiophene rings is 1. The molecule has 0 saturated carbocycles. The smallest absolute Gasteiger partial charge is 0.353 e. The number of benzene rings is 1. The molecule has 26 heavy (non-hydrogen) atoms. The van der Waals surface area contributed by atoms with Crippen LogP contribution in [0.1, 0.15) is 23.0 Å². The minimum Gasteiger partial charge on any atom is -0.422 e. The average Bonchev–Trinajstić information content (AvgIpc) is 3.24. The molecule has 0 N–H and O–H groups in total. The predicted octanol–water partition coefficient (Wildman–Crippen LogP) is 3.67. The highest BCUT2D eigenvalue weighted by molar-refractivity contribution is 7.12. The van der Waals surface area contributed by atoms with Gasteiger partial charge in [-0.05, 0) is 35.9 Å². The molecule has 3 atom stereocenters. The number of hydrogen-bond acceptors (Lipinski definition) is 5. The van der Waals surface area contributed by atoms with Crippen LogP contribution in [0.4, 0.5) is 5.69 Å². The molecular formula is C20H17NO4S. The molecule has 1 fully saturated rings. The van der Waals surface area contributed by atoms with Crippen molar-refractivity contribution in [3.8, 4) is 5.75 Å². The van der Waals surface area contributed by atoms with Crippen molar-refractivity contribution in [3.63, 3.8) is 0 Å². The van der Waals surface area contributed by atoms with Crippen LogP contribution in [0.2, 0.25) is 0 Å². The number of ether oxygens (including phenoxy) is 1. The molecule has 1 aromatic heterocycles. The first kappa shape index (κ1) is 16.7. The predicted molar refractivity (Wildman–Crippen MR) is 98.1 cm³/mol. The number of anilines is 1. The quantitative estimate of drug-likeness (QED) is 0.359. The summed E-state index contributed by atoms with van der Waals surface area (Å²) in [6.45, 7) is 1.96. The molecule has 2 aromatic rings. The summed E-state index contributed by atoms with van der Waals surface area (Å²) in [5, 5.41) is 1.80. The molecule has 1 saturated heterocycles. The summed E-state index contributed by atoms with van der Waals surface area (Å²) >= 11 is 1.29. The molecule has 2 aliphatic rings. The Bertz CT molecular complexity index is 902. The summed E-state index contributed by atoms with van der Waals surface area (Å²) < 4.78 is 5.38. The van der Waals surface area contributed by atoms with Gasteiger partial charge in [0.15, 0.2) is 0 Å². The summed E-state index contributed by atoms with van der Waals surface area (Å²) in [4.78, 5) is 39.5. The SMILES string of the molecule is CC1C=CCC2C(=O)N(c3cccc(OC(=O)c4cccs4)c3)C(=O)C12. The maximum absolute atomic E-state index is 12.8. The average molecular weight is 367 g/mol. The third kappa shape index (κ3) is 2.76. The van der Waals surface area contributed by atoms with E-state index in [0.29, 0.717) is 22.7 Å². The van der Waals surface area contributed by atoms with Crippen molar-refractivity contribution in [3.05, 3.63) is 58.8 Å². The van der Waals surface area contributed by atoms with Gasteiger partial charge in [-0.15, -0.1) is 11.3 Å². The maximum atomic E-state index is 12.8. The number of esters is 1. The van der Waals surface area contributed by atoms with E-state index in [0.717, 1.165) is 0 Å².